The Bertz CT molecular complexity index is 668. The van der Waals surface area contributed by atoms with E-state index >= 15 is 0 Å². The van der Waals surface area contributed by atoms with Crippen molar-refractivity contribution < 1.29 is 9.90 Å². The van der Waals surface area contributed by atoms with E-state index in [2.05, 4.69) is 16.7 Å². The summed E-state index contributed by atoms with van der Waals surface area (Å²) in [4.78, 5) is 12.4. The third-order valence-electron chi connectivity index (χ3n) is 3.32. The molecule has 1 atom stereocenters. The number of hydrogen-bond acceptors (Lipinski definition) is 3. The topological polar surface area (TPSA) is 61.4 Å². The first-order valence-corrected chi connectivity index (χ1v) is 7.99. The van der Waals surface area contributed by atoms with Gasteiger partial charge in [-0.25, -0.2) is 0 Å². The van der Waals surface area contributed by atoms with Crippen molar-refractivity contribution in [3.8, 4) is 0 Å². The van der Waals surface area contributed by atoms with Crippen molar-refractivity contribution in [3.63, 3.8) is 0 Å². The summed E-state index contributed by atoms with van der Waals surface area (Å²) in [5.74, 6) is -0.00331. The van der Waals surface area contributed by atoms with Crippen LogP contribution in [0.25, 0.3) is 0 Å². The van der Waals surface area contributed by atoms with E-state index in [1.165, 1.54) is 0 Å². The van der Waals surface area contributed by atoms with E-state index in [1.807, 2.05) is 32.0 Å². The molecule has 0 aliphatic heterocycles. The molecule has 0 radical (unpaired) electrons. The second kappa shape index (κ2) is 7.99. The number of amides is 1. The summed E-state index contributed by atoms with van der Waals surface area (Å²) < 4.78 is 0. The number of carbonyl (C=O) groups excluding carboxylic acids is 1. The van der Waals surface area contributed by atoms with Crippen LogP contribution in [0.1, 0.15) is 21.5 Å². The van der Waals surface area contributed by atoms with Gasteiger partial charge < -0.3 is 15.7 Å². The average molecular weight is 333 g/mol. The van der Waals surface area contributed by atoms with Crippen molar-refractivity contribution in [2.45, 2.75) is 20.0 Å². The Morgan fingerprint density at radius 1 is 1.13 bits per heavy atom. The minimum Gasteiger partial charge on any atom is -0.390 e. The second-order valence-corrected chi connectivity index (χ2v) is 5.91. The molecule has 0 fully saturated rings. The fraction of sp³-hybridized carbons (Fsp3) is 0.278. The molecule has 5 heteroatoms. The molecule has 1 unspecified atom stereocenters. The van der Waals surface area contributed by atoms with Crippen LogP contribution in [-0.4, -0.2) is 29.5 Å². The largest absolute Gasteiger partial charge is 0.390 e. The fourth-order valence-electron chi connectivity index (χ4n) is 2.31. The molecule has 4 nitrogen and oxygen atoms in total. The van der Waals surface area contributed by atoms with E-state index in [-0.39, 0.29) is 11.8 Å². The van der Waals surface area contributed by atoms with Crippen molar-refractivity contribution in [3.05, 3.63) is 59.2 Å². The molecule has 2 aromatic rings. The highest BCUT2D eigenvalue weighted by atomic mass is 35.5. The lowest BCUT2D eigenvalue weighted by molar-refractivity contribution is 0.102. The van der Waals surface area contributed by atoms with E-state index in [4.69, 9.17) is 11.6 Å². The van der Waals surface area contributed by atoms with E-state index < -0.39 is 6.10 Å². The standard InChI is InChI=1S/C18H21ClN2O2/c1-12-6-13(2)8-16(7-12)21-18(23)14-4-3-5-15(9-14)20-11-17(22)10-19/h3-9,17,20,22H,10-11H2,1-2H3,(H,21,23). The zero-order valence-electron chi connectivity index (χ0n) is 13.3. The lowest BCUT2D eigenvalue weighted by atomic mass is 10.1. The van der Waals surface area contributed by atoms with Gasteiger partial charge in [0, 0.05) is 23.5 Å². The summed E-state index contributed by atoms with van der Waals surface area (Å²) in [5, 5.41) is 15.4. The van der Waals surface area contributed by atoms with E-state index in [1.54, 1.807) is 18.2 Å². The molecule has 23 heavy (non-hydrogen) atoms. The predicted molar refractivity (Wildman–Crippen MR) is 95.5 cm³/mol. The number of aliphatic hydroxyl groups is 1. The van der Waals surface area contributed by atoms with Crippen LogP contribution in [0, 0.1) is 13.8 Å². The quantitative estimate of drug-likeness (QED) is 0.709. The first kappa shape index (κ1) is 17.3. The smallest absolute Gasteiger partial charge is 0.255 e. The number of hydrogen-bond donors (Lipinski definition) is 3. The van der Waals surface area contributed by atoms with Crippen molar-refractivity contribution in [2.24, 2.45) is 0 Å². The monoisotopic (exact) mass is 332 g/mol. The molecule has 0 aliphatic carbocycles. The van der Waals surface area contributed by atoms with Crippen LogP contribution < -0.4 is 10.6 Å². The lowest BCUT2D eigenvalue weighted by Crippen LogP contribution is -2.21. The van der Waals surface area contributed by atoms with E-state index in [0.717, 1.165) is 22.5 Å². The zero-order chi connectivity index (χ0) is 16.8. The number of aliphatic hydroxyl groups excluding tert-OH is 1. The molecule has 0 aromatic heterocycles. The zero-order valence-corrected chi connectivity index (χ0v) is 14.0. The van der Waals surface area contributed by atoms with Crippen molar-refractivity contribution >= 4 is 28.9 Å². The van der Waals surface area contributed by atoms with Crippen LogP contribution in [0.15, 0.2) is 42.5 Å². The first-order chi connectivity index (χ1) is 11.0. The van der Waals surface area contributed by atoms with E-state index in [0.29, 0.717) is 12.1 Å². The number of rotatable bonds is 6. The molecular weight excluding hydrogens is 312 g/mol. The minimum atomic E-state index is -0.621. The number of alkyl halides is 1. The number of aryl methyl sites for hydroxylation is 2. The maximum absolute atomic E-state index is 12.4. The Labute approximate surface area is 141 Å². The van der Waals surface area contributed by atoms with Gasteiger partial charge in [-0.3, -0.25) is 4.79 Å². The summed E-state index contributed by atoms with van der Waals surface area (Å²) in [7, 11) is 0. The fourth-order valence-corrected chi connectivity index (χ4v) is 2.42. The van der Waals surface area contributed by atoms with Crippen LogP contribution >= 0.6 is 11.6 Å². The summed E-state index contributed by atoms with van der Waals surface area (Å²) in [6.45, 7) is 4.33. The third kappa shape index (κ3) is 5.27. The maximum atomic E-state index is 12.4. The van der Waals surface area contributed by atoms with Gasteiger partial charge in [0.05, 0.1) is 12.0 Å². The van der Waals surface area contributed by atoms with Crippen LogP contribution in [0.3, 0.4) is 0 Å². The molecule has 0 aliphatic rings. The Balaban J connectivity index is 2.07. The van der Waals surface area contributed by atoms with Crippen LogP contribution in [0.4, 0.5) is 11.4 Å². The maximum Gasteiger partial charge on any atom is 0.255 e. The van der Waals surface area contributed by atoms with Gasteiger partial charge in [0.15, 0.2) is 0 Å². The highest BCUT2D eigenvalue weighted by molar-refractivity contribution is 6.18. The molecule has 3 N–H and O–H groups in total. The summed E-state index contributed by atoms with van der Waals surface area (Å²) in [5.41, 5.74) is 4.30. The Kier molecular flexibility index (Phi) is 6.02. The summed E-state index contributed by atoms with van der Waals surface area (Å²) in [6, 6.07) is 13.1. The molecule has 0 bridgehead atoms. The highest BCUT2D eigenvalue weighted by Crippen LogP contribution is 2.16. The van der Waals surface area contributed by atoms with Gasteiger partial charge in [0.25, 0.3) is 5.91 Å². The molecular formula is C18H21ClN2O2. The number of anilines is 2. The number of carbonyl (C=O) groups is 1. The van der Waals surface area contributed by atoms with Gasteiger partial charge in [0.1, 0.15) is 0 Å². The van der Waals surface area contributed by atoms with Crippen LogP contribution in [0.5, 0.6) is 0 Å². The Morgan fingerprint density at radius 2 is 1.83 bits per heavy atom. The molecule has 2 aromatic carbocycles. The minimum absolute atomic E-state index is 0.167. The summed E-state index contributed by atoms with van der Waals surface area (Å²) >= 11 is 5.56. The van der Waals surface area contributed by atoms with Crippen molar-refractivity contribution in [1.82, 2.24) is 0 Å². The third-order valence-corrected chi connectivity index (χ3v) is 3.68. The Morgan fingerprint density at radius 3 is 2.48 bits per heavy atom. The van der Waals surface area contributed by atoms with Gasteiger partial charge in [-0.1, -0.05) is 12.1 Å². The van der Waals surface area contributed by atoms with Crippen LogP contribution in [0.2, 0.25) is 0 Å². The van der Waals surface area contributed by atoms with E-state index in [9.17, 15) is 9.90 Å². The molecule has 1 amide bonds. The molecule has 0 heterocycles. The number of nitrogens with one attached hydrogen (secondary N) is 2. The first-order valence-electron chi connectivity index (χ1n) is 7.45. The lowest BCUT2D eigenvalue weighted by Gasteiger charge is -2.12. The molecule has 0 saturated carbocycles. The van der Waals surface area contributed by atoms with Gasteiger partial charge in [0.2, 0.25) is 0 Å². The summed E-state index contributed by atoms with van der Waals surface area (Å²) in [6.07, 6.45) is -0.621. The van der Waals surface area contributed by atoms with Gasteiger partial charge >= 0.3 is 0 Å². The van der Waals surface area contributed by atoms with Crippen molar-refractivity contribution in [2.75, 3.05) is 23.1 Å². The van der Waals surface area contributed by atoms with Gasteiger partial charge in [-0.15, -0.1) is 11.6 Å². The molecule has 122 valence electrons. The van der Waals surface area contributed by atoms with Gasteiger partial charge in [-0.2, -0.15) is 0 Å². The average Bonchev–Trinajstić information content (AvgIpc) is 2.51. The molecule has 0 spiro atoms. The van der Waals surface area contributed by atoms with Crippen molar-refractivity contribution in [1.29, 1.82) is 0 Å². The molecule has 0 saturated heterocycles. The molecule has 2 rings (SSSR count). The normalized spacial score (nSPS) is 11.8. The van der Waals surface area contributed by atoms with Crippen LogP contribution in [-0.2, 0) is 0 Å². The number of benzene rings is 2. The van der Waals surface area contributed by atoms with Gasteiger partial charge in [-0.05, 0) is 55.3 Å². The number of halogens is 1. The predicted octanol–water partition coefficient (Wildman–Crippen LogP) is 3.57. The highest BCUT2D eigenvalue weighted by Gasteiger charge is 2.08. The Hall–Kier alpha value is -2.04. The SMILES string of the molecule is Cc1cc(C)cc(NC(=O)c2cccc(NCC(O)CCl)c2)c1. The second-order valence-electron chi connectivity index (χ2n) is 5.60.